The van der Waals surface area contributed by atoms with E-state index in [4.69, 9.17) is 16.3 Å². The zero-order chi connectivity index (χ0) is 19.9. The fourth-order valence-corrected chi connectivity index (χ4v) is 4.95. The number of rotatable bonds is 10. The highest BCUT2D eigenvalue weighted by Gasteiger charge is 2.24. The molecule has 2 aromatic heterocycles. The van der Waals surface area contributed by atoms with Crippen LogP contribution < -0.4 is 10.1 Å². The number of unbranched alkanes of at least 4 members (excludes halogenated alkanes) is 1. The third-order valence-electron chi connectivity index (χ3n) is 3.64. The summed E-state index contributed by atoms with van der Waals surface area (Å²) in [6.07, 6.45) is 3.55. The molecule has 27 heavy (non-hydrogen) atoms. The Labute approximate surface area is 168 Å². The van der Waals surface area contributed by atoms with Crippen molar-refractivity contribution < 1.29 is 17.9 Å². The quantitative estimate of drug-likeness (QED) is 0.584. The van der Waals surface area contributed by atoms with E-state index in [0.29, 0.717) is 16.8 Å². The molecule has 2 heterocycles. The second-order valence-electron chi connectivity index (χ2n) is 5.77. The number of thiophene rings is 1. The van der Waals surface area contributed by atoms with Crippen LogP contribution in [0.4, 0.5) is 0 Å². The average molecular weight is 432 g/mol. The monoisotopic (exact) mass is 431 g/mol. The number of nitrogens with one attached hydrogen (secondary N) is 1. The van der Waals surface area contributed by atoms with E-state index in [1.54, 1.807) is 12.3 Å². The molecule has 0 aliphatic rings. The Morgan fingerprint density at radius 3 is 2.81 bits per heavy atom. The Hall–Kier alpha value is -1.68. The van der Waals surface area contributed by atoms with Crippen molar-refractivity contribution in [2.45, 2.75) is 30.5 Å². The minimum Gasteiger partial charge on any atom is -0.477 e. The maximum absolute atomic E-state index is 12.4. The molecule has 0 fully saturated rings. The minimum atomic E-state index is -3.75. The van der Waals surface area contributed by atoms with Crippen LogP contribution >= 0.6 is 22.9 Å². The van der Waals surface area contributed by atoms with Crippen molar-refractivity contribution in [2.24, 2.45) is 0 Å². The first-order valence-electron chi connectivity index (χ1n) is 8.39. The van der Waals surface area contributed by atoms with Gasteiger partial charge in [-0.25, -0.2) is 13.4 Å². The van der Waals surface area contributed by atoms with E-state index in [1.165, 1.54) is 19.2 Å². The smallest absolute Gasteiger partial charge is 0.252 e. The predicted octanol–water partition coefficient (Wildman–Crippen LogP) is 2.91. The number of ether oxygens (including phenoxy) is 1. The van der Waals surface area contributed by atoms with E-state index < -0.39 is 15.9 Å². The van der Waals surface area contributed by atoms with Gasteiger partial charge in [0.2, 0.25) is 11.8 Å². The molecule has 0 radical (unpaired) electrons. The highest BCUT2D eigenvalue weighted by molar-refractivity contribution is 7.91. The normalized spacial score (nSPS) is 11.6. The number of amides is 1. The van der Waals surface area contributed by atoms with Gasteiger partial charge in [-0.05, 0) is 24.6 Å². The Balaban J connectivity index is 1.93. The molecule has 0 saturated carbocycles. The third kappa shape index (κ3) is 6.17. The van der Waals surface area contributed by atoms with Gasteiger partial charge in [0.25, 0.3) is 10.0 Å². The van der Waals surface area contributed by atoms with Crippen molar-refractivity contribution >= 4 is 38.9 Å². The number of aromatic nitrogens is 1. The molecule has 7 nitrogen and oxygen atoms in total. The van der Waals surface area contributed by atoms with E-state index in [-0.39, 0.29) is 17.3 Å². The zero-order valence-corrected chi connectivity index (χ0v) is 17.5. The highest BCUT2D eigenvalue weighted by atomic mass is 35.5. The lowest BCUT2D eigenvalue weighted by atomic mass is 10.2. The molecule has 0 saturated heterocycles. The summed E-state index contributed by atoms with van der Waals surface area (Å²) in [6, 6.07) is 6.50. The highest BCUT2D eigenvalue weighted by Crippen LogP contribution is 2.27. The van der Waals surface area contributed by atoms with Crippen LogP contribution in [0.1, 0.15) is 25.3 Å². The van der Waals surface area contributed by atoms with Gasteiger partial charge in [0.05, 0.1) is 17.5 Å². The summed E-state index contributed by atoms with van der Waals surface area (Å²) in [6.45, 7) is 2.52. The lowest BCUT2D eigenvalue weighted by Gasteiger charge is -2.16. The molecule has 1 N–H and O–H groups in total. The van der Waals surface area contributed by atoms with Crippen LogP contribution in [0.5, 0.6) is 5.88 Å². The molecule has 0 bridgehead atoms. The lowest BCUT2D eigenvalue weighted by molar-refractivity contribution is -0.121. The zero-order valence-electron chi connectivity index (χ0n) is 15.1. The van der Waals surface area contributed by atoms with E-state index >= 15 is 0 Å². The van der Waals surface area contributed by atoms with Crippen molar-refractivity contribution in [3.05, 3.63) is 40.4 Å². The number of pyridine rings is 1. The van der Waals surface area contributed by atoms with E-state index in [0.717, 1.165) is 34.0 Å². The van der Waals surface area contributed by atoms with Gasteiger partial charge in [-0.15, -0.1) is 11.3 Å². The number of nitrogens with zero attached hydrogens (tertiary/aromatic N) is 2. The second-order valence-corrected chi connectivity index (χ2v) is 9.75. The third-order valence-corrected chi connectivity index (χ3v) is 7.14. The maximum Gasteiger partial charge on any atom is 0.252 e. The van der Waals surface area contributed by atoms with Crippen LogP contribution in [0.25, 0.3) is 0 Å². The molecule has 1 amide bonds. The summed E-state index contributed by atoms with van der Waals surface area (Å²) in [5, 5.41) is 2.70. The van der Waals surface area contributed by atoms with Gasteiger partial charge in [-0.3, -0.25) is 4.79 Å². The Morgan fingerprint density at radius 2 is 2.15 bits per heavy atom. The van der Waals surface area contributed by atoms with Crippen LogP contribution in [0, 0.1) is 0 Å². The average Bonchev–Trinajstić information content (AvgIpc) is 3.08. The number of carbonyl (C=O) groups excluding carboxylic acids is 1. The van der Waals surface area contributed by atoms with Crippen molar-refractivity contribution in [2.75, 3.05) is 20.2 Å². The van der Waals surface area contributed by atoms with Crippen LogP contribution in [-0.2, 0) is 21.4 Å². The Morgan fingerprint density at radius 1 is 1.37 bits per heavy atom. The SMILES string of the molecule is CCCCOc1ncccc1CNC(=O)CN(C)S(=O)(=O)c1ccc(Cl)s1. The first-order valence-corrected chi connectivity index (χ1v) is 11.0. The van der Waals surface area contributed by atoms with E-state index in [9.17, 15) is 13.2 Å². The standard InChI is InChI=1S/C17H22ClN3O4S2/c1-3-4-10-25-17-13(6-5-9-19-17)11-20-15(22)12-21(2)27(23,24)16-8-7-14(18)26-16/h5-9H,3-4,10-12H2,1-2H3,(H,20,22). The number of sulfonamides is 1. The molecule has 0 aliphatic heterocycles. The number of halogens is 1. The van der Waals surface area contributed by atoms with E-state index in [1.807, 2.05) is 6.07 Å². The van der Waals surface area contributed by atoms with Crippen LogP contribution in [0.15, 0.2) is 34.7 Å². The van der Waals surface area contributed by atoms with Gasteiger partial charge in [0, 0.05) is 25.4 Å². The summed E-state index contributed by atoms with van der Waals surface area (Å²) in [4.78, 5) is 16.4. The van der Waals surface area contributed by atoms with Crippen LogP contribution in [0.3, 0.4) is 0 Å². The first kappa shape index (κ1) is 21.6. The summed E-state index contributed by atoms with van der Waals surface area (Å²) >= 11 is 6.74. The van der Waals surface area contributed by atoms with Gasteiger partial charge < -0.3 is 10.1 Å². The molecule has 0 aliphatic carbocycles. The number of hydrogen-bond donors (Lipinski definition) is 1. The molecule has 0 unspecified atom stereocenters. The van der Waals surface area contributed by atoms with Crippen molar-refractivity contribution in [1.82, 2.24) is 14.6 Å². The van der Waals surface area contributed by atoms with Gasteiger partial charge in [0.1, 0.15) is 4.21 Å². The molecule has 148 valence electrons. The Bertz CT molecular complexity index is 871. The van der Waals surface area contributed by atoms with Gasteiger partial charge in [0.15, 0.2) is 0 Å². The fraction of sp³-hybridized carbons (Fsp3) is 0.412. The molecule has 10 heteroatoms. The van der Waals surface area contributed by atoms with E-state index in [2.05, 4.69) is 17.2 Å². The van der Waals surface area contributed by atoms with Crippen molar-refractivity contribution in [1.29, 1.82) is 0 Å². The lowest BCUT2D eigenvalue weighted by Crippen LogP contribution is -2.37. The van der Waals surface area contributed by atoms with Gasteiger partial charge >= 0.3 is 0 Å². The molecule has 0 aromatic carbocycles. The van der Waals surface area contributed by atoms with Gasteiger partial charge in [-0.1, -0.05) is 31.0 Å². The van der Waals surface area contributed by atoms with Crippen molar-refractivity contribution in [3.8, 4) is 5.88 Å². The second kappa shape index (κ2) is 10.0. The Kier molecular flexibility index (Phi) is 8.03. The number of carbonyl (C=O) groups is 1. The van der Waals surface area contributed by atoms with Gasteiger partial charge in [-0.2, -0.15) is 4.31 Å². The first-order chi connectivity index (χ1) is 12.8. The molecular weight excluding hydrogens is 410 g/mol. The topological polar surface area (TPSA) is 88.6 Å². The molecule has 2 aromatic rings. The number of hydrogen-bond acceptors (Lipinski definition) is 6. The van der Waals surface area contributed by atoms with Crippen LogP contribution in [-0.4, -0.2) is 43.8 Å². The fourth-order valence-electron chi connectivity index (χ4n) is 2.13. The molecule has 2 rings (SSSR count). The molecule has 0 spiro atoms. The maximum atomic E-state index is 12.4. The largest absolute Gasteiger partial charge is 0.477 e. The summed E-state index contributed by atoms with van der Waals surface area (Å²) in [7, 11) is -2.40. The minimum absolute atomic E-state index is 0.0988. The summed E-state index contributed by atoms with van der Waals surface area (Å²) in [5.74, 6) is 0.0487. The predicted molar refractivity (Wildman–Crippen MR) is 106 cm³/mol. The van der Waals surface area contributed by atoms with Crippen molar-refractivity contribution in [3.63, 3.8) is 0 Å². The summed E-state index contributed by atoms with van der Waals surface area (Å²) < 4.78 is 31.9. The van der Waals surface area contributed by atoms with Crippen LogP contribution in [0.2, 0.25) is 4.34 Å². The molecule has 0 atom stereocenters. The summed E-state index contributed by atoms with van der Waals surface area (Å²) in [5.41, 5.74) is 0.734. The number of likely N-dealkylation sites (N-methyl/N-ethyl adjacent to an activating group) is 1. The molecular formula is C17H22ClN3O4S2.